The predicted molar refractivity (Wildman–Crippen MR) is 96.1 cm³/mol. The monoisotopic (exact) mass is 320 g/mol. The average molecular weight is 320 g/mol. The number of aromatic nitrogens is 2. The zero-order chi connectivity index (χ0) is 15.9. The molecule has 3 aromatic rings. The van der Waals surface area contributed by atoms with Crippen molar-refractivity contribution in [1.29, 1.82) is 0 Å². The summed E-state index contributed by atoms with van der Waals surface area (Å²) in [5, 5.41) is 6.83. The lowest BCUT2D eigenvalue weighted by Crippen LogP contribution is -2.33. The third-order valence-corrected chi connectivity index (χ3v) is 3.55. The van der Waals surface area contributed by atoms with Crippen LogP contribution in [-0.4, -0.2) is 15.1 Å². The van der Waals surface area contributed by atoms with E-state index in [0.29, 0.717) is 11.1 Å². The van der Waals surface area contributed by atoms with Gasteiger partial charge in [0.2, 0.25) is 5.95 Å². The highest BCUT2D eigenvalue weighted by molar-refractivity contribution is 7.80. The molecule has 23 heavy (non-hydrogen) atoms. The van der Waals surface area contributed by atoms with Crippen LogP contribution in [0.25, 0.3) is 0 Å². The SMILES string of the molecule is S=C(Nc1ncccn1)NC(c1ccccc1)c1ccccc1. The Morgan fingerprint density at radius 2 is 1.30 bits per heavy atom. The zero-order valence-electron chi connectivity index (χ0n) is 12.4. The number of benzene rings is 2. The van der Waals surface area contributed by atoms with Gasteiger partial charge in [0.15, 0.2) is 5.11 Å². The molecule has 2 aromatic carbocycles. The van der Waals surface area contributed by atoms with E-state index in [4.69, 9.17) is 12.2 Å². The van der Waals surface area contributed by atoms with Crippen molar-refractivity contribution in [2.24, 2.45) is 0 Å². The lowest BCUT2D eigenvalue weighted by atomic mass is 9.99. The molecular weight excluding hydrogens is 304 g/mol. The second-order valence-corrected chi connectivity index (χ2v) is 5.33. The first kappa shape index (κ1) is 15.1. The summed E-state index contributed by atoms with van der Waals surface area (Å²) in [6.45, 7) is 0. The van der Waals surface area contributed by atoms with E-state index in [-0.39, 0.29) is 6.04 Å². The summed E-state index contributed by atoms with van der Waals surface area (Å²) >= 11 is 5.41. The van der Waals surface area contributed by atoms with Crippen LogP contribution >= 0.6 is 12.2 Å². The quantitative estimate of drug-likeness (QED) is 0.720. The summed E-state index contributed by atoms with van der Waals surface area (Å²) in [4.78, 5) is 8.24. The first-order valence-electron chi connectivity index (χ1n) is 7.27. The van der Waals surface area contributed by atoms with Crippen LogP contribution in [0.5, 0.6) is 0 Å². The van der Waals surface area contributed by atoms with Gasteiger partial charge in [0, 0.05) is 12.4 Å². The van der Waals surface area contributed by atoms with Crippen molar-refractivity contribution < 1.29 is 0 Å². The van der Waals surface area contributed by atoms with Crippen LogP contribution in [0, 0.1) is 0 Å². The molecule has 0 unspecified atom stereocenters. The molecule has 2 N–H and O–H groups in total. The first-order valence-corrected chi connectivity index (χ1v) is 7.68. The van der Waals surface area contributed by atoms with Gasteiger partial charge < -0.3 is 10.6 Å². The van der Waals surface area contributed by atoms with Crippen LogP contribution in [0.2, 0.25) is 0 Å². The fraction of sp³-hybridized carbons (Fsp3) is 0.0556. The summed E-state index contributed by atoms with van der Waals surface area (Å²) in [5.41, 5.74) is 2.27. The number of hydrogen-bond donors (Lipinski definition) is 2. The van der Waals surface area contributed by atoms with Crippen molar-refractivity contribution in [3.63, 3.8) is 0 Å². The van der Waals surface area contributed by atoms with Crippen LogP contribution in [0.15, 0.2) is 79.1 Å². The van der Waals surface area contributed by atoms with Crippen LogP contribution in [0.3, 0.4) is 0 Å². The molecule has 0 saturated carbocycles. The highest BCUT2D eigenvalue weighted by atomic mass is 32.1. The van der Waals surface area contributed by atoms with Crippen LogP contribution in [0.4, 0.5) is 5.95 Å². The minimum atomic E-state index is -0.0406. The molecule has 1 aromatic heterocycles. The summed E-state index contributed by atoms with van der Waals surface area (Å²) in [6, 6.07) is 22.1. The fourth-order valence-corrected chi connectivity index (χ4v) is 2.49. The van der Waals surface area contributed by atoms with Gasteiger partial charge in [-0.3, -0.25) is 0 Å². The highest BCUT2D eigenvalue weighted by Crippen LogP contribution is 2.21. The molecule has 0 aliphatic rings. The lowest BCUT2D eigenvalue weighted by Gasteiger charge is -2.21. The molecule has 114 valence electrons. The van der Waals surface area contributed by atoms with Gasteiger partial charge in [-0.15, -0.1) is 0 Å². The number of hydrogen-bond acceptors (Lipinski definition) is 3. The Kier molecular flexibility index (Phi) is 4.91. The van der Waals surface area contributed by atoms with E-state index in [0.717, 1.165) is 11.1 Å². The molecule has 0 fully saturated rings. The largest absolute Gasteiger partial charge is 0.351 e. The predicted octanol–water partition coefficient (Wildman–Crippen LogP) is 3.55. The summed E-state index contributed by atoms with van der Waals surface area (Å²) < 4.78 is 0. The highest BCUT2D eigenvalue weighted by Gasteiger charge is 2.15. The van der Waals surface area contributed by atoms with E-state index < -0.39 is 0 Å². The van der Waals surface area contributed by atoms with Gasteiger partial charge in [-0.1, -0.05) is 60.7 Å². The molecule has 0 saturated heterocycles. The third kappa shape index (κ3) is 4.11. The molecule has 3 rings (SSSR count). The lowest BCUT2D eigenvalue weighted by molar-refractivity contribution is 0.768. The number of thiocarbonyl (C=S) groups is 1. The van der Waals surface area contributed by atoms with Gasteiger partial charge in [0.25, 0.3) is 0 Å². The van der Waals surface area contributed by atoms with Crippen LogP contribution in [0.1, 0.15) is 17.2 Å². The van der Waals surface area contributed by atoms with Crippen LogP contribution in [-0.2, 0) is 0 Å². The molecule has 0 aliphatic heterocycles. The molecule has 0 amide bonds. The Labute approximate surface area is 140 Å². The minimum absolute atomic E-state index is 0.0406. The second kappa shape index (κ2) is 7.47. The Bertz CT molecular complexity index is 708. The Morgan fingerprint density at radius 1 is 0.783 bits per heavy atom. The Hall–Kier alpha value is -2.79. The molecular formula is C18H16N4S. The number of anilines is 1. The maximum Gasteiger partial charge on any atom is 0.228 e. The smallest absolute Gasteiger partial charge is 0.228 e. The molecule has 4 nitrogen and oxygen atoms in total. The summed E-state index contributed by atoms with van der Waals surface area (Å²) in [7, 11) is 0. The molecule has 0 spiro atoms. The van der Waals surface area contributed by atoms with Gasteiger partial charge in [-0.25, -0.2) is 9.97 Å². The van der Waals surface area contributed by atoms with E-state index >= 15 is 0 Å². The van der Waals surface area contributed by atoms with Crippen molar-refractivity contribution in [1.82, 2.24) is 15.3 Å². The minimum Gasteiger partial charge on any atom is -0.351 e. The maximum absolute atomic E-state index is 5.41. The van der Waals surface area contributed by atoms with E-state index in [1.54, 1.807) is 18.5 Å². The molecule has 0 radical (unpaired) electrons. The Balaban J connectivity index is 1.81. The topological polar surface area (TPSA) is 49.8 Å². The van der Waals surface area contributed by atoms with Gasteiger partial charge >= 0.3 is 0 Å². The summed E-state index contributed by atoms with van der Waals surface area (Å²) in [5.74, 6) is 0.477. The van der Waals surface area contributed by atoms with Gasteiger partial charge in [0.1, 0.15) is 0 Å². The zero-order valence-corrected chi connectivity index (χ0v) is 13.2. The van der Waals surface area contributed by atoms with Crippen molar-refractivity contribution in [2.75, 3.05) is 5.32 Å². The molecule has 0 atom stereocenters. The molecule has 1 heterocycles. The van der Waals surface area contributed by atoms with Crippen molar-refractivity contribution in [3.8, 4) is 0 Å². The van der Waals surface area contributed by atoms with E-state index in [2.05, 4.69) is 44.9 Å². The van der Waals surface area contributed by atoms with Crippen molar-refractivity contribution >= 4 is 23.3 Å². The normalized spacial score (nSPS) is 10.3. The molecule has 5 heteroatoms. The number of nitrogens with one attached hydrogen (secondary N) is 2. The van der Waals surface area contributed by atoms with Crippen LogP contribution < -0.4 is 10.6 Å². The van der Waals surface area contributed by atoms with E-state index in [1.807, 2.05) is 36.4 Å². The first-order chi connectivity index (χ1) is 11.3. The van der Waals surface area contributed by atoms with E-state index in [1.165, 1.54) is 0 Å². The maximum atomic E-state index is 5.41. The standard InChI is InChI=1S/C18H16N4S/c23-18(22-17-19-12-7-13-20-17)21-16(14-8-3-1-4-9-14)15-10-5-2-6-11-15/h1-13,16H,(H2,19,20,21,22,23). The average Bonchev–Trinajstić information content (AvgIpc) is 2.62. The van der Waals surface area contributed by atoms with Crippen molar-refractivity contribution in [2.45, 2.75) is 6.04 Å². The molecule has 0 aliphatic carbocycles. The van der Waals surface area contributed by atoms with E-state index in [9.17, 15) is 0 Å². The van der Waals surface area contributed by atoms with Gasteiger partial charge in [0.05, 0.1) is 6.04 Å². The second-order valence-electron chi connectivity index (χ2n) is 4.93. The summed E-state index contributed by atoms with van der Waals surface area (Å²) in [6.07, 6.45) is 3.34. The Morgan fingerprint density at radius 3 is 1.83 bits per heavy atom. The molecule has 0 bridgehead atoms. The van der Waals surface area contributed by atoms with Gasteiger partial charge in [-0.05, 0) is 29.4 Å². The fourth-order valence-electron chi connectivity index (χ4n) is 2.28. The van der Waals surface area contributed by atoms with Gasteiger partial charge in [-0.2, -0.15) is 0 Å². The number of nitrogens with zero attached hydrogens (tertiary/aromatic N) is 2. The van der Waals surface area contributed by atoms with Crippen molar-refractivity contribution in [3.05, 3.63) is 90.3 Å². The number of rotatable bonds is 4. The third-order valence-electron chi connectivity index (χ3n) is 3.33.